The summed E-state index contributed by atoms with van der Waals surface area (Å²) in [7, 11) is 1.74. The summed E-state index contributed by atoms with van der Waals surface area (Å²) >= 11 is 0. The SMILES string of the molecule is CNc1cc(NCC(=O)O)nc(C)n1. The average Bonchev–Trinajstić information content (AvgIpc) is 2.14. The molecule has 0 spiro atoms. The van der Waals surface area contributed by atoms with Crippen LogP contribution < -0.4 is 10.6 Å². The summed E-state index contributed by atoms with van der Waals surface area (Å²) in [6, 6.07) is 1.65. The fourth-order valence-corrected chi connectivity index (χ4v) is 0.952. The third kappa shape index (κ3) is 2.89. The maximum absolute atomic E-state index is 10.3. The highest BCUT2D eigenvalue weighted by Crippen LogP contribution is 2.09. The maximum Gasteiger partial charge on any atom is 0.322 e. The minimum Gasteiger partial charge on any atom is -0.480 e. The van der Waals surface area contributed by atoms with E-state index in [9.17, 15) is 4.79 Å². The number of carbonyl (C=O) groups is 1. The average molecular weight is 196 g/mol. The zero-order chi connectivity index (χ0) is 10.6. The smallest absolute Gasteiger partial charge is 0.322 e. The molecule has 1 heterocycles. The zero-order valence-corrected chi connectivity index (χ0v) is 8.03. The van der Waals surface area contributed by atoms with Crippen molar-refractivity contribution in [2.45, 2.75) is 6.92 Å². The quantitative estimate of drug-likeness (QED) is 0.643. The highest BCUT2D eigenvalue weighted by atomic mass is 16.4. The predicted molar refractivity (Wildman–Crippen MR) is 52.4 cm³/mol. The van der Waals surface area contributed by atoms with Gasteiger partial charge in [0.05, 0.1) is 0 Å². The van der Waals surface area contributed by atoms with Crippen molar-refractivity contribution in [1.82, 2.24) is 9.97 Å². The van der Waals surface area contributed by atoms with Crippen molar-refractivity contribution >= 4 is 17.6 Å². The van der Waals surface area contributed by atoms with E-state index >= 15 is 0 Å². The Morgan fingerprint density at radius 3 is 2.71 bits per heavy atom. The zero-order valence-electron chi connectivity index (χ0n) is 8.03. The number of nitrogens with zero attached hydrogens (tertiary/aromatic N) is 2. The van der Waals surface area contributed by atoms with E-state index in [2.05, 4.69) is 20.6 Å². The van der Waals surface area contributed by atoms with E-state index in [4.69, 9.17) is 5.11 Å². The van der Waals surface area contributed by atoms with Gasteiger partial charge in [-0.1, -0.05) is 0 Å². The summed E-state index contributed by atoms with van der Waals surface area (Å²) in [5.41, 5.74) is 0. The Kier molecular flexibility index (Phi) is 3.22. The number of anilines is 2. The van der Waals surface area contributed by atoms with Gasteiger partial charge in [-0.3, -0.25) is 4.79 Å². The van der Waals surface area contributed by atoms with Crippen LogP contribution in [0.4, 0.5) is 11.6 Å². The van der Waals surface area contributed by atoms with E-state index in [1.165, 1.54) is 0 Å². The van der Waals surface area contributed by atoms with Crippen LogP contribution in [-0.4, -0.2) is 34.6 Å². The van der Waals surface area contributed by atoms with E-state index in [1.807, 2.05) is 0 Å². The monoisotopic (exact) mass is 196 g/mol. The van der Waals surface area contributed by atoms with Crippen molar-refractivity contribution in [1.29, 1.82) is 0 Å². The lowest BCUT2D eigenvalue weighted by atomic mass is 10.5. The molecule has 6 nitrogen and oxygen atoms in total. The first-order valence-corrected chi connectivity index (χ1v) is 4.11. The summed E-state index contributed by atoms with van der Waals surface area (Å²) in [4.78, 5) is 18.4. The van der Waals surface area contributed by atoms with Gasteiger partial charge in [-0.15, -0.1) is 0 Å². The number of hydrogen-bond acceptors (Lipinski definition) is 5. The minimum atomic E-state index is -0.924. The Labute approximate surface area is 81.4 Å². The highest BCUT2D eigenvalue weighted by molar-refractivity contribution is 5.72. The summed E-state index contributed by atoms with van der Waals surface area (Å²) < 4.78 is 0. The third-order valence-corrected chi connectivity index (χ3v) is 1.51. The molecule has 1 aromatic heterocycles. The molecule has 0 fully saturated rings. The number of aromatic nitrogens is 2. The van der Waals surface area contributed by atoms with Crippen LogP contribution in [0.1, 0.15) is 5.82 Å². The Hall–Kier alpha value is -1.85. The van der Waals surface area contributed by atoms with Gasteiger partial charge < -0.3 is 15.7 Å². The van der Waals surface area contributed by atoms with Crippen LogP contribution in [0.5, 0.6) is 0 Å². The van der Waals surface area contributed by atoms with Crippen molar-refractivity contribution in [2.75, 3.05) is 24.2 Å². The third-order valence-electron chi connectivity index (χ3n) is 1.51. The Bertz CT molecular complexity index is 340. The van der Waals surface area contributed by atoms with Gasteiger partial charge in [0, 0.05) is 13.1 Å². The molecule has 1 rings (SSSR count). The normalized spacial score (nSPS) is 9.57. The largest absolute Gasteiger partial charge is 0.480 e. The first-order chi connectivity index (χ1) is 6.61. The fraction of sp³-hybridized carbons (Fsp3) is 0.375. The number of hydrogen-bond donors (Lipinski definition) is 3. The van der Waals surface area contributed by atoms with Crippen LogP contribution >= 0.6 is 0 Å². The molecule has 0 aromatic carbocycles. The Morgan fingerprint density at radius 2 is 2.14 bits per heavy atom. The summed E-state index contributed by atoms with van der Waals surface area (Å²) in [6.07, 6.45) is 0. The second-order valence-electron chi connectivity index (χ2n) is 2.68. The van der Waals surface area contributed by atoms with E-state index in [-0.39, 0.29) is 6.54 Å². The Balaban J connectivity index is 2.76. The van der Waals surface area contributed by atoms with Gasteiger partial charge in [0.15, 0.2) is 0 Å². The number of carboxylic acids is 1. The summed E-state index contributed by atoms with van der Waals surface area (Å²) in [5.74, 6) is 0.826. The second kappa shape index (κ2) is 4.40. The standard InChI is InChI=1S/C8H12N4O2/c1-5-11-6(9-2)3-7(12-5)10-4-8(13)14/h3H,4H2,1-2H3,(H,13,14)(H2,9,10,11,12). The van der Waals surface area contributed by atoms with Crippen molar-refractivity contribution in [2.24, 2.45) is 0 Å². The molecule has 0 bridgehead atoms. The van der Waals surface area contributed by atoms with Crippen LogP contribution in [0.3, 0.4) is 0 Å². The molecular weight excluding hydrogens is 184 g/mol. The molecule has 1 aromatic rings. The van der Waals surface area contributed by atoms with E-state index < -0.39 is 5.97 Å². The van der Waals surface area contributed by atoms with Crippen molar-refractivity contribution in [3.8, 4) is 0 Å². The lowest BCUT2D eigenvalue weighted by molar-refractivity contribution is -0.134. The molecule has 0 aliphatic carbocycles. The van der Waals surface area contributed by atoms with Crippen LogP contribution in [0.25, 0.3) is 0 Å². The van der Waals surface area contributed by atoms with Crippen LogP contribution in [0, 0.1) is 6.92 Å². The number of carboxylic acid groups (broad SMARTS) is 1. The van der Waals surface area contributed by atoms with Gasteiger partial charge in [-0.05, 0) is 6.92 Å². The minimum absolute atomic E-state index is 0.153. The first kappa shape index (κ1) is 10.2. The van der Waals surface area contributed by atoms with Crippen LogP contribution in [-0.2, 0) is 4.79 Å². The molecule has 0 saturated carbocycles. The summed E-state index contributed by atoms with van der Waals surface area (Å²) in [5, 5.41) is 14.0. The molecule has 76 valence electrons. The lowest BCUT2D eigenvalue weighted by Crippen LogP contribution is -2.14. The molecule has 0 radical (unpaired) electrons. The number of nitrogens with one attached hydrogen (secondary N) is 2. The Morgan fingerprint density at radius 1 is 1.50 bits per heavy atom. The summed E-state index contributed by atoms with van der Waals surface area (Å²) in [6.45, 7) is 1.59. The topological polar surface area (TPSA) is 87.1 Å². The number of aryl methyl sites for hydroxylation is 1. The second-order valence-corrected chi connectivity index (χ2v) is 2.68. The lowest BCUT2D eigenvalue weighted by Gasteiger charge is -2.05. The van der Waals surface area contributed by atoms with E-state index in [0.29, 0.717) is 17.5 Å². The molecule has 3 N–H and O–H groups in total. The molecule has 0 aliphatic rings. The van der Waals surface area contributed by atoms with E-state index in [1.54, 1.807) is 20.0 Å². The number of rotatable bonds is 4. The highest BCUT2D eigenvalue weighted by Gasteiger charge is 2.01. The maximum atomic E-state index is 10.3. The van der Waals surface area contributed by atoms with Gasteiger partial charge in [-0.2, -0.15) is 0 Å². The molecule has 6 heteroatoms. The van der Waals surface area contributed by atoms with Gasteiger partial charge in [0.1, 0.15) is 24.0 Å². The van der Waals surface area contributed by atoms with Gasteiger partial charge in [0.2, 0.25) is 0 Å². The van der Waals surface area contributed by atoms with Gasteiger partial charge in [-0.25, -0.2) is 9.97 Å². The molecule has 14 heavy (non-hydrogen) atoms. The van der Waals surface area contributed by atoms with Crippen molar-refractivity contribution < 1.29 is 9.90 Å². The van der Waals surface area contributed by atoms with Gasteiger partial charge in [0.25, 0.3) is 0 Å². The molecule has 0 atom stereocenters. The van der Waals surface area contributed by atoms with E-state index in [0.717, 1.165) is 0 Å². The van der Waals surface area contributed by atoms with Crippen LogP contribution in [0.2, 0.25) is 0 Å². The van der Waals surface area contributed by atoms with Crippen molar-refractivity contribution in [3.05, 3.63) is 11.9 Å². The van der Waals surface area contributed by atoms with Crippen molar-refractivity contribution in [3.63, 3.8) is 0 Å². The fourth-order valence-electron chi connectivity index (χ4n) is 0.952. The van der Waals surface area contributed by atoms with Gasteiger partial charge >= 0.3 is 5.97 Å². The molecular formula is C8H12N4O2. The first-order valence-electron chi connectivity index (χ1n) is 4.11. The molecule has 0 amide bonds. The van der Waals surface area contributed by atoms with Crippen LogP contribution in [0.15, 0.2) is 6.07 Å². The molecule has 0 saturated heterocycles. The number of aliphatic carboxylic acids is 1. The molecule has 0 aliphatic heterocycles. The molecule has 0 unspecified atom stereocenters. The predicted octanol–water partition coefficient (Wildman–Crippen LogP) is 0.323.